The van der Waals surface area contributed by atoms with Gasteiger partial charge in [0.1, 0.15) is 12.6 Å². The van der Waals surface area contributed by atoms with Crippen molar-refractivity contribution in [2.45, 2.75) is 116 Å². The van der Waals surface area contributed by atoms with E-state index in [0.717, 1.165) is 17.7 Å². The average molecular weight is 839 g/mol. The van der Waals surface area contributed by atoms with Gasteiger partial charge in [-0.25, -0.2) is 4.79 Å². The van der Waals surface area contributed by atoms with Gasteiger partial charge in [-0.1, -0.05) is 83.5 Å². The molecule has 4 N–H and O–H groups in total. The maximum atomic E-state index is 14.1. The van der Waals surface area contributed by atoms with Crippen LogP contribution in [-0.2, 0) is 40.0 Å². The minimum absolute atomic E-state index is 0.0226. The highest BCUT2D eigenvalue weighted by Gasteiger charge is 2.42. The highest BCUT2D eigenvalue weighted by Crippen LogP contribution is 2.30. The maximum absolute atomic E-state index is 14.1. The number of aliphatic hydroxyl groups excluding tert-OH is 1. The summed E-state index contributed by atoms with van der Waals surface area (Å²) >= 11 is 0. The van der Waals surface area contributed by atoms with Gasteiger partial charge in [0.2, 0.25) is 23.6 Å². The monoisotopic (exact) mass is 839 g/mol. The summed E-state index contributed by atoms with van der Waals surface area (Å²) in [4.78, 5) is 72.5. The number of anilines is 1. The Kier molecular flexibility index (Phi) is 19.8. The lowest BCUT2D eigenvalue weighted by molar-refractivity contribution is -0.146. The second kappa shape index (κ2) is 23.9. The third-order valence-electron chi connectivity index (χ3n) is 11.9. The smallest absolute Gasteiger partial charge is 0.410 e. The molecule has 0 radical (unpaired) electrons. The van der Waals surface area contributed by atoms with Crippen LogP contribution in [0, 0.1) is 17.8 Å². The SMILES string of the molecule is CCC(C)C(C(CC(=O)N1CCCC1C(OC)C(C)C(=O)NC(C)C(O)c1ccccc1)OC)N(C)C(=O)CNC(=O)C(C(C)C)N(C)C(=O)OCc1ccc(NC)cc1. The summed E-state index contributed by atoms with van der Waals surface area (Å²) in [5.74, 6) is -2.36. The number of nitrogens with zero attached hydrogens (tertiary/aromatic N) is 3. The first-order valence-corrected chi connectivity index (χ1v) is 21.1. The van der Waals surface area contributed by atoms with Gasteiger partial charge in [0.05, 0.1) is 55.3 Å². The summed E-state index contributed by atoms with van der Waals surface area (Å²) in [7, 11) is 8.01. The molecule has 2 aromatic rings. The Hall–Kier alpha value is -4.73. The van der Waals surface area contributed by atoms with Gasteiger partial charge >= 0.3 is 6.09 Å². The molecule has 2 aromatic carbocycles. The lowest BCUT2D eigenvalue weighted by Crippen LogP contribution is -2.56. The van der Waals surface area contributed by atoms with E-state index in [0.29, 0.717) is 24.9 Å². The van der Waals surface area contributed by atoms with Crippen molar-refractivity contribution in [3.63, 3.8) is 0 Å². The third kappa shape index (κ3) is 13.1. The summed E-state index contributed by atoms with van der Waals surface area (Å²) < 4.78 is 17.4. The number of likely N-dealkylation sites (tertiary alicyclic amines) is 1. The molecule has 1 aliphatic heterocycles. The first-order chi connectivity index (χ1) is 28.5. The zero-order valence-electron chi connectivity index (χ0n) is 37.5. The molecular weight excluding hydrogens is 769 g/mol. The molecule has 1 fully saturated rings. The lowest BCUT2D eigenvalue weighted by Gasteiger charge is -2.39. The molecule has 0 spiro atoms. The van der Waals surface area contributed by atoms with E-state index in [9.17, 15) is 29.1 Å². The quantitative estimate of drug-likeness (QED) is 0.131. The molecular formula is C45H70N6O9. The number of carbonyl (C=O) groups is 5. The molecule has 0 aromatic heterocycles. The summed E-state index contributed by atoms with van der Waals surface area (Å²) in [6.45, 7) is 11.3. The van der Waals surface area contributed by atoms with Crippen molar-refractivity contribution < 1.29 is 43.3 Å². The van der Waals surface area contributed by atoms with Crippen LogP contribution in [0.4, 0.5) is 10.5 Å². The predicted octanol–water partition coefficient (Wildman–Crippen LogP) is 4.60. The molecule has 5 amide bonds. The van der Waals surface area contributed by atoms with E-state index in [1.54, 1.807) is 37.9 Å². The highest BCUT2D eigenvalue weighted by atomic mass is 16.6. The van der Waals surface area contributed by atoms with E-state index >= 15 is 0 Å². The molecule has 60 heavy (non-hydrogen) atoms. The summed E-state index contributed by atoms with van der Waals surface area (Å²) in [6, 6.07) is 14.2. The highest BCUT2D eigenvalue weighted by molar-refractivity contribution is 5.89. The third-order valence-corrected chi connectivity index (χ3v) is 11.9. The topological polar surface area (TPSA) is 179 Å². The van der Waals surface area contributed by atoms with E-state index in [2.05, 4.69) is 16.0 Å². The molecule has 15 heteroatoms. The number of methoxy groups -OCH3 is 2. The molecule has 0 bridgehead atoms. The molecule has 1 saturated heterocycles. The van der Waals surface area contributed by atoms with Crippen LogP contribution in [0.2, 0.25) is 0 Å². The summed E-state index contributed by atoms with van der Waals surface area (Å²) in [5.41, 5.74) is 2.41. The number of nitrogens with one attached hydrogen (secondary N) is 3. The number of carbonyl (C=O) groups excluding carboxylic acids is 5. The lowest BCUT2D eigenvalue weighted by atomic mass is 9.90. The molecule has 334 valence electrons. The Morgan fingerprint density at radius 2 is 1.55 bits per heavy atom. The first kappa shape index (κ1) is 49.6. The standard InChI is InChI=1S/C45H70N6O9/c1-12-29(4)40(49(8)38(53)26-47-44(56)39(28(2)3)50(9)45(57)60-27-32-20-22-34(46-7)23-21-32)36(58-10)25-37(52)51-24-16-19-35(51)42(59-11)30(5)43(55)48-31(6)41(54)33-17-14-13-15-18-33/h13-15,17-18,20-23,28-31,35-36,39-42,46,54H,12,16,19,24-27H2,1-11H3,(H,47,56)(H,48,55). The number of benzene rings is 2. The zero-order chi connectivity index (χ0) is 44.7. The van der Waals surface area contributed by atoms with Crippen LogP contribution in [-0.4, -0.2) is 134 Å². The molecule has 0 aliphatic carbocycles. The van der Waals surface area contributed by atoms with E-state index in [1.165, 1.54) is 31.1 Å². The number of likely N-dealkylation sites (N-methyl/N-ethyl adjacent to an activating group) is 2. The van der Waals surface area contributed by atoms with Crippen LogP contribution in [0.5, 0.6) is 0 Å². The van der Waals surface area contributed by atoms with Gasteiger partial charge in [0.15, 0.2) is 0 Å². The molecule has 0 saturated carbocycles. The van der Waals surface area contributed by atoms with Gasteiger partial charge in [-0.2, -0.15) is 0 Å². The fraction of sp³-hybridized carbons (Fsp3) is 0.622. The van der Waals surface area contributed by atoms with Crippen molar-refractivity contribution in [1.82, 2.24) is 25.3 Å². The Bertz CT molecular complexity index is 1680. The van der Waals surface area contributed by atoms with E-state index in [-0.39, 0.29) is 55.2 Å². The van der Waals surface area contributed by atoms with Crippen molar-refractivity contribution in [3.8, 4) is 0 Å². The Balaban J connectivity index is 1.65. The van der Waals surface area contributed by atoms with Crippen molar-refractivity contribution in [3.05, 3.63) is 65.7 Å². The fourth-order valence-corrected chi connectivity index (χ4v) is 8.15. The second-order valence-corrected chi connectivity index (χ2v) is 16.3. The normalized spacial score (nSPS) is 17.9. The minimum atomic E-state index is -0.903. The number of hydrogen-bond donors (Lipinski definition) is 4. The van der Waals surface area contributed by atoms with Gasteiger partial charge in [0.25, 0.3) is 0 Å². The second-order valence-electron chi connectivity index (χ2n) is 16.3. The number of ether oxygens (including phenoxy) is 3. The first-order valence-electron chi connectivity index (χ1n) is 21.1. The number of amides is 5. The number of hydrogen-bond acceptors (Lipinski definition) is 10. The minimum Gasteiger partial charge on any atom is -0.445 e. The molecule has 1 aliphatic rings. The van der Waals surface area contributed by atoms with Crippen LogP contribution < -0.4 is 16.0 Å². The van der Waals surface area contributed by atoms with Crippen molar-refractivity contribution in [2.75, 3.05) is 53.8 Å². The molecule has 9 atom stereocenters. The van der Waals surface area contributed by atoms with Crippen molar-refractivity contribution in [2.24, 2.45) is 17.8 Å². The zero-order valence-corrected chi connectivity index (χ0v) is 37.5. The average Bonchev–Trinajstić information content (AvgIpc) is 3.74. The van der Waals surface area contributed by atoms with Crippen LogP contribution in [0.1, 0.15) is 84.5 Å². The van der Waals surface area contributed by atoms with E-state index in [1.807, 2.05) is 77.2 Å². The van der Waals surface area contributed by atoms with Crippen LogP contribution in [0.15, 0.2) is 54.6 Å². The van der Waals surface area contributed by atoms with Crippen LogP contribution in [0.3, 0.4) is 0 Å². The van der Waals surface area contributed by atoms with Gasteiger partial charge in [0, 0.05) is 47.6 Å². The Labute approximate surface area is 356 Å². The Morgan fingerprint density at radius 3 is 2.12 bits per heavy atom. The largest absolute Gasteiger partial charge is 0.445 e. The summed E-state index contributed by atoms with van der Waals surface area (Å²) in [6.07, 6.45) is -0.819. The summed E-state index contributed by atoms with van der Waals surface area (Å²) in [5, 5.41) is 19.5. The van der Waals surface area contributed by atoms with E-state index < -0.39 is 54.4 Å². The van der Waals surface area contributed by atoms with Gasteiger partial charge in [-0.3, -0.25) is 24.1 Å². The molecule has 3 rings (SSSR count). The molecule has 15 nitrogen and oxygen atoms in total. The Morgan fingerprint density at radius 1 is 0.900 bits per heavy atom. The number of rotatable bonds is 22. The predicted molar refractivity (Wildman–Crippen MR) is 231 cm³/mol. The molecule has 9 unspecified atom stereocenters. The van der Waals surface area contributed by atoms with Gasteiger partial charge in [-0.15, -0.1) is 0 Å². The maximum Gasteiger partial charge on any atom is 0.410 e. The number of aliphatic hydroxyl groups is 1. The fourth-order valence-electron chi connectivity index (χ4n) is 8.15. The molecule has 1 heterocycles. The van der Waals surface area contributed by atoms with Crippen molar-refractivity contribution >= 4 is 35.4 Å². The van der Waals surface area contributed by atoms with Gasteiger partial charge < -0.3 is 45.1 Å². The van der Waals surface area contributed by atoms with Crippen LogP contribution >= 0.6 is 0 Å². The van der Waals surface area contributed by atoms with Crippen molar-refractivity contribution in [1.29, 1.82) is 0 Å². The van der Waals surface area contributed by atoms with Gasteiger partial charge in [-0.05, 0) is 54.9 Å². The van der Waals surface area contributed by atoms with E-state index in [4.69, 9.17) is 14.2 Å². The van der Waals surface area contributed by atoms with Crippen LogP contribution in [0.25, 0.3) is 0 Å².